The lowest BCUT2D eigenvalue weighted by Gasteiger charge is -2.18. The largest absolute Gasteiger partial charge is 0.431 e. The lowest BCUT2D eigenvalue weighted by molar-refractivity contribution is 0.0745. The molecular weight excluding hydrogens is 116 g/mol. The van der Waals surface area contributed by atoms with Crippen molar-refractivity contribution in [2.75, 3.05) is 0 Å². The smallest absolute Gasteiger partial charge is 0.281 e. The highest BCUT2D eigenvalue weighted by Gasteiger charge is 2.11. The van der Waals surface area contributed by atoms with Crippen LogP contribution in [0.1, 0.15) is 6.42 Å². The molecule has 0 amide bonds. The van der Waals surface area contributed by atoms with Crippen LogP contribution >= 0.6 is 0 Å². The standard InChI is InChI=1S/C7H8O2/c1-5-4-6(2)9-7(3)8-5/h1-4H2. The van der Waals surface area contributed by atoms with Crippen LogP contribution in [0, 0.1) is 0 Å². The van der Waals surface area contributed by atoms with E-state index in [9.17, 15) is 0 Å². The van der Waals surface area contributed by atoms with Crippen molar-refractivity contribution in [3.05, 3.63) is 37.2 Å². The van der Waals surface area contributed by atoms with Crippen molar-refractivity contribution in [3.63, 3.8) is 0 Å². The van der Waals surface area contributed by atoms with Crippen LogP contribution < -0.4 is 0 Å². The molecule has 0 aromatic rings. The zero-order chi connectivity index (χ0) is 6.85. The summed E-state index contributed by atoms with van der Waals surface area (Å²) in [5.74, 6) is 1.53. The van der Waals surface area contributed by atoms with Crippen LogP contribution in [0.15, 0.2) is 37.2 Å². The molecule has 0 aliphatic carbocycles. The molecule has 0 aromatic heterocycles. The van der Waals surface area contributed by atoms with E-state index in [2.05, 4.69) is 19.7 Å². The summed E-state index contributed by atoms with van der Waals surface area (Å²) in [6, 6.07) is 0. The van der Waals surface area contributed by atoms with Crippen LogP contribution in [0.3, 0.4) is 0 Å². The van der Waals surface area contributed by atoms with Crippen LogP contribution in [0.2, 0.25) is 0 Å². The first-order chi connectivity index (χ1) is 4.18. The molecular formula is C7H8O2. The van der Waals surface area contributed by atoms with Gasteiger partial charge in [-0.2, -0.15) is 0 Å². The lowest BCUT2D eigenvalue weighted by Crippen LogP contribution is -2.04. The summed E-state index contributed by atoms with van der Waals surface area (Å²) in [6.45, 7) is 10.6. The van der Waals surface area contributed by atoms with Gasteiger partial charge in [0.15, 0.2) is 0 Å². The fourth-order valence-electron chi connectivity index (χ4n) is 0.635. The van der Waals surface area contributed by atoms with Gasteiger partial charge in [0.05, 0.1) is 6.42 Å². The maximum Gasteiger partial charge on any atom is 0.281 e. The summed E-state index contributed by atoms with van der Waals surface area (Å²) >= 11 is 0. The maximum absolute atomic E-state index is 4.88. The Kier molecular flexibility index (Phi) is 1.30. The van der Waals surface area contributed by atoms with Crippen LogP contribution in [0.25, 0.3) is 0 Å². The molecule has 1 aliphatic rings. The lowest BCUT2D eigenvalue weighted by atomic mass is 10.3. The maximum atomic E-state index is 4.88. The van der Waals surface area contributed by atoms with E-state index >= 15 is 0 Å². The highest BCUT2D eigenvalue weighted by atomic mass is 16.7. The van der Waals surface area contributed by atoms with Crippen molar-refractivity contribution in [1.29, 1.82) is 0 Å². The SMILES string of the molecule is C=C1CC(=C)OC(=C)O1. The van der Waals surface area contributed by atoms with E-state index in [1.54, 1.807) is 0 Å². The van der Waals surface area contributed by atoms with Crippen molar-refractivity contribution in [3.8, 4) is 0 Å². The van der Waals surface area contributed by atoms with Crippen LogP contribution in [-0.4, -0.2) is 0 Å². The third kappa shape index (κ3) is 1.35. The molecule has 0 N–H and O–H groups in total. The second kappa shape index (κ2) is 1.97. The van der Waals surface area contributed by atoms with E-state index in [0.717, 1.165) is 0 Å². The van der Waals surface area contributed by atoms with E-state index in [4.69, 9.17) is 9.47 Å². The van der Waals surface area contributed by atoms with Crippen molar-refractivity contribution in [1.82, 2.24) is 0 Å². The predicted octanol–water partition coefficient (Wildman–Crippen LogP) is 1.92. The van der Waals surface area contributed by atoms with Crippen molar-refractivity contribution >= 4 is 0 Å². The topological polar surface area (TPSA) is 18.5 Å². The van der Waals surface area contributed by atoms with Gasteiger partial charge in [-0.3, -0.25) is 0 Å². The molecule has 1 saturated heterocycles. The number of hydrogen-bond donors (Lipinski definition) is 0. The molecule has 1 aliphatic heterocycles. The second-order valence-electron chi connectivity index (χ2n) is 1.83. The van der Waals surface area contributed by atoms with Gasteiger partial charge in [0, 0.05) is 0 Å². The summed E-state index contributed by atoms with van der Waals surface area (Å²) in [6.07, 6.45) is 0.568. The molecule has 2 heteroatoms. The normalized spacial score (nSPS) is 18.9. The van der Waals surface area contributed by atoms with Gasteiger partial charge in [-0.15, -0.1) is 0 Å². The Labute approximate surface area is 54.1 Å². The van der Waals surface area contributed by atoms with Crippen molar-refractivity contribution < 1.29 is 9.47 Å². The molecule has 0 spiro atoms. The fraction of sp³-hybridized carbons (Fsp3) is 0.143. The second-order valence-corrected chi connectivity index (χ2v) is 1.83. The molecule has 0 atom stereocenters. The average Bonchev–Trinajstić information content (AvgIpc) is 1.59. The monoisotopic (exact) mass is 124 g/mol. The quantitative estimate of drug-likeness (QED) is 0.491. The zero-order valence-corrected chi connectivity index (χ0v) is 5.14. The van der Waals surface area contributed by atoms with Gasteiger partial charge in [0.2, 0.25) is 0 Å². The zero-order valence-electron chi connectivity index (χ0n) is 5.14. The van der Waals surface area contributed by atoms with Gasteiger partial charge in [-0.1, -0.05) is 13.2 Å². The Morgan fingerprint density at radius 1 is 1.00 bits per heavy atom. The van der Waals surface area contributed by atoms with Gasteiger partial charge < -0.3 is 9.47 Å². The van der Waals surface area contributed by atoms with Gasteiger partial charge in [-0.25, -0.2) is 0 Å². The van der Waals surface area contributed by atoms with Gasteiger partial charge in [0.1, 0.15) is 11.5 Å². The summed E-state index contributed by atoms with van der Waals surface area (Å²) in [5, 5.41) is 0. The van der Waals surface area contributed by atoms with E-state index in [0.29, 0.717) is 17.9 Å². The van der Waals surface area contributed by atoms with E-state index < -0.39 is 0 Å². The predicted molar refractivity (Wildman–Crippen MR) is 34.2 cm³/mol. The minimum absolute atomic E-state index is 0.260. The number of ether oxygens (including phenoxy) is 2. The summed E-state index contributed by atoms with van der Waals surface area (Å²) < 4.78 is 9.77. The van der Waals surface area contributed by atoms with Gasteiger partial charge in [-0.05, 0) is 6.58 Å². The fourth-order valence-corrected chi connectivity index (χ4v) is 0.635. The summed E-state index contributed by atoms with van der Waals surface area (Å²) in [5.41, 5.74) is 0. The molecule has 0 unspecified atom stereocenters. The first kappa shape index (κ1) is 5.95. The van der Waals surface area contributed by atoms with Gasteiger partial charge >= 0.3 is 0 Å². The average molecular weight is 124 g/mol. The van der Waals surface area contributed by atoms with E-state index in [1.165, 1.54) is 0 Å². The molecule has 1 rings (SSSR count). The van der Waals surface area contributed by atoms with Crippen molar-refractivity contribution in [2.24, 2.45) is 0 Å². The Morgan fingerprint density at radius 2 is 1.44 bits per heavy atom. The molecule has 48 valence electrons. The highest BCUT2D eigenvalue weighted by Crippen LogP contribution is 2.22. The third-order valence-corrected chi connectivity index (χ3v) is 0.911. The summed E-state index contributed by atoms with van der Waals surface area (Å²) in [7, 11) is 0. The Balaban J connectivity index is 2.64. The van der Waals surface area contributed by atoms with Crippen LogP contribution in [-0.2, 0) is 9.47 Å². The highest BCUT2D eigenvalue weighted by molar-refractivity contribution is 5.06. The molecule has 1 heterocycles. The summed E-state index contributed by atoms with van der Waals surface area (Å²) in [4.78, 5) is 0. The van der Waals surface area contributed by atoms with E-state index in [-0.39, 0.29) is 5.95 Å². The molecule has 0 aromatic carbocycles. The molecule has 9 heavy (non-hydrogen) atoms. The molecule has 0 saturated carbocycles. The third-order valence-electron chi connectivity index (χ3n) is 0.911. The number of hydrogen-bond acceptors (Lipinski definition) is 2. The Hall–Kier alpha value is -1.18. The van der Waals surface area contributed by atoms with Crippen LogP contribution in [0.5, 0.6) is 0 Å². The van der Waals surface area contributed by atoms with E-state index in [1.807, 2.05) is 0 Å². The molecule has 2 nitrogen and oxygen atoms in total. The van der Waals surface area contributed by atoms with Gasteiger partial charge in [0.25, 0.3) is 5.95 Å². The minimum atomic E-state index is 0.260. The molecule has 1 fully saturated rings. The van der Waals surface area contributed by atoms with Crippen LogP contribution in [0.4, 0.5) is 0 Å². The first-order valence-electron chi connectivity index (χ1n) is 2.58. The van der Waals surface area contributed by atoms with Crippen molar-refractivity contribution in [2.45, 2.75) is 6.42 Å². The molecule has 0 bridgehead atoms. The number of rotatable bonds is 0. The Bertz CT molecular complexity index is 134. The minimum Gasteiger partial charge on any atom is -0.431 e. The molecule has 0 radical (unpaired) electrons. The Morgan fingerprint density at radius 3 is 1.78 bits per heavy atom. The first-order valence-corrected chi connectivity index (χ1v) is 2.58.